The molecule has 0 amide bonds. The molecule has 1 aromatic rings. The van der Waals surface area contributed by atoms with Gasteiger partial charge in [0, 0.05) is 30.3 Å². The number of rotatable bonds is 4. The summed E-state index contributed by atoms with van der Waals surface area (Å²) in [5, 5.41) is 0. The van der Waals surface area contributed by atoms with Gasteiger partial charge in [0.15, 0.2) is 0 Å². The van der Waals surface area contributed by atoms with E-state index in [1.807, 2.05) is 11.8 Å². The fraction of sp³-hybridized carbons (Fsp3) is 0.571. The molecule has 0 N–H and O–H groups in total. The second-order valence-corrected chi connectivity index (χ2v) is 5.65. The molecule has 1 heterocycles. The molecule has 1 unspecified atom stereocenters. The van der Waals surface area contributed by atoms with Crippen LogP contribution in [-0.4, -0.2) is 30.7 Å². The lowest BCUT2D eigenvalue weighted by molar-refractivity contribution is 0.217. The molecule has 1 aliphatic heterocycles. The molecule has 17 heavy (non-hydrogen) atoms. The zero-order chi connectivity index (χ0) is 12.1. The lowest BCUT2D eigenvalue weighted by atomic mass is 10.2. The van der Waals surface area contributed by atoms with E-state index in [1.165, 1.54) is 17.2 Å². The van der Waals surface area contributed by atoms with Crippen molar-refractivity contribution in [3.8, 4) is 5.75 Å². The van der Waals surface area contributed by atoms with Gasteiger partial charge in [-0.2, -0.15) is 11.8 Å². The summed E-state index contributed by atoms with van der Waals surface area (Å²) in [4.78, 5) is 2.45. The highest BCUT2D eigenvalue weighted by atomic mass is 32.2. The number of hydrogen-bond acceptors (Lipinski definition) is 3. The highest BCUT2D eigenvalue weighted by molar-refractivity contribution is 7.99. The normalized spacial score (nSPS) is 17.9. The summed E-state index contributed by atoms with van der Waals surface area (Å²) in [7, 11) is 0. The number of benzene rings is 1. The molecule has 1 atom stereocenters. The van der Waals surface area contributed by atoms with Crippen molar-refractivity contribution >= 4 is 17.4 Å². The smallest absolute Gasteiger partial charge is 0.119 e. The molecule has 0 spiro atoms. The van der Waals surface area contributed by atoms with Crippen LogP contribution in [0.3, 0.4) is 0 Å². The zero-order valence-corrected chi connectivity index (χ0v) is 11.5. The van der Waals surface area contributed by atoms with Crippen LogP contribution in [0.5, 0.6) is 5.75 Å². The Hall–Kier alpha value is -0.830. The summed E-state index contributed by atoms with van der Waals surface area (Å²) in [6, 6.07) is 8.52. The van der Waals surface area contributed by atoms with E-state index < -0.39 is 0 Å². The van der Waals surface area contributed by atoms with Crippen molar-refractivity contribution in [3.05, 3.63) is 24.3 Å². The quantitative estimate of drug-likeness (QED) is 0.813. The summed E-state index contributed by atoms with van der Waals surface area (Å²) in [5.74, 6) is 3.46. The van der Waals surface area contributed by atoms with Crippen LogP contribution in [0.1, 0.15) is 20.3 Å². The average Bonchev–Trinajstić information content (AvgIpc) is 2.40. The molecule has 0 aromatic heterocycles. The van der Waals surface area contributed by atoms with E-state index in [1.54, 1.807) is 0 Å². The van der Waals surface area contributed by atoms with Crippen LogP contribution in [0.2, 0.25) is 0 Å². The van der Waals surface area contributed by atoms with Gasteiger partial charge in [-0.15, -0.1) is 0 Å². The first-order valence-electron chi connectivity index (χ1n) is 6.39. The van der Waals surface area contributed by atoms with E-state index in [4.69, 9.17) is 4.74 Å². The van der Waals surface area contributed by atoms with Crippen LogP contribution in [0.4, 0.5) is 5.69 Å². The molecule has 2 nitrogen and oxygen atoms in total. The van der Waals surface area contributed by atoms with E-state index in [2.05, 4.69) is 43.0 Å². The minimum Gasteiger partial charge on any atom is -0.491 e. The molecular formula is C14H21NOS. The van der Waals surface area contributed by atoms with E-state index in [0.29, 0.717) is 6.10 Å². The van der Waals surface area contributed by atoms with E-state index in [-0.39, 0.29) is 0 Å². The Kier molecular flexibility index (Phi) is 4.60. The third-order valence-corrected chi connectivity index (χ3v) is 4.07. The Morgan fingerprint density at radius 3 is 2.47 bits per heavy atom. The first-order valence-corrected chi connectivity index (χ1v) is 7.54. The molecule has 1 aromatic carbocycles. The first kappa shape index (κ1) is 12.6. The third-order valence-electron chi connectivity index (χ3n) is 3.13. The summed E-state index contributed by atoms with van der Waals surface area (Å²) in [6.45, 7) is 6.58. The molecular weight excluding hydrogens is 230 g/mol. The van der Waals surface area contributed by atoms with Crippen molar-refractivity contribution in [1.82, 2.24) is 0 Å². The largest absolute Gasteiger partial charge is 0.491 e. The van der Waals surface area contributed by atoms with Gasteiger partial charge >= 0.3 is 0 Å². The summed E-state index contributed by atoms with van der Waals surface area (Å²) in [5.41, 5.74) is 1.32. The fourth-order valence-corrected chi connectivity index (χ4v) is 2.78. The Labute approximate surface area is 108 Å². The van der Waals surface area contributed by atoms with Crippen molar-refractivity contribution < 1.29 is 4.74 Å². The standard InChI is InChI=1S/C14H21NOS/c1-3-12(2)16-14-6-4-13(5-7-14)15-8-10-17-11-9-15/h4-7,12H,3,8-11H2,1-2H3. The van der Waals surface area contributed by atoms with E-state index in [9.17, 15) is 0 Å². The lowest BCUT2D eigenvalue weighted by Gasteiger charge is -2.28. The van der Waals surface area contributed by atoms with Gasteiger partial charge in [0.05, 0.1) is 6.10 Å². The second-order valence-electron chi connectivity index (χ2n) is 4.43. The average molecular weight is 251 g/mol. The minimum absolute atomic E-state index is 0.298. The van der Waals surface area contributed by atoms with Crippen LogP contribution < -0.4 is 9.64 Å². The predicted octanol–water partition coefficient (Wildman–Crippen LogP) is 3.42. The van der Waals surface area contributed by atoms with Gasteiger partial charge in [-0.1, -0.05) is 6.92 Å². The van der Waals surface area contributed by atoms with Crippen molar-refractivity contribution in [2.75, 3.05) is 29.5 Å². The number of nitrogens with zero attached hydrogens (tertiary/aromatic N) is 1. The monoisotopic (exact) mass is 251 g/mol. The minimum atomic E-state index is 0.298. The molecule has 1 saturated heterocycles. The highest BCUT2D eigenvalue weighted by Gasteiger charge is 2.11. The molecule has 0 radical (unpaired) electrons. The van der Waals surface area contributed by atoms with Gasteiger partial charge in [-0.3, -0.25) is 0 Å². The van der Waals surface area contributed by atoms with Gasteiger partial charge in [0.2, 0.25) is 0 Å². The maximum atomic E-state index is 5.78. The molecule has 1 fully saturated rings. The Morgan fingerprint density at radius 1 is 1.24 bits per heavy atom. The zero-order valence-electron chi connectivity index (χ0n) is 10.7. The van der Waals surface area contributed by atoms with Gasteiger partial charge < -0.3 is 9.64 Å². The fourth-order valence-electron chi connectivity index (χ4n) is 1.87. The molecule has 0 saturated carbocycles. The molecule has 0 aliphatic carbocycles. The van der Waals surface area contributed by atoms with Gasteiger partial charge in [-0.05, 0) is 37.6 Å². The summed E-state index contributed by atoms with van der Waals surface area (Å²) >= 11 is 2.04. The molecule has 1 aliphatic rings. The third kappa shape index (κ3) is 3.56. The molecule has 3 heteroatoms. The number of thioether (sulfide) groups is 1. The Balaban J connectivity index is 1.97. The van der Waals surface area contributed by atoms with Crippen LogP contribution >= 0.6 is 11.8 Å². The number of anilines is 1. The maximum absolute atomic E-state index is 5.78. The maximum Gasteiger partial charge on any atom is 0.119 e. The topological polar surface area (TPSA) is 12.5 Å². The second kappa shape index (κ2) is 6.20. The molecule has 94 valence electrons. The Bertz CT molecular complexity index is 333. The van der Waals surface area contributed by atoms with Crippen LogP contribution in [0.25, 0.3) is 0 Å². The number of hydrogen-bond donors (Lipinski definition) is 0. The number of ether oxygens (including phenoxy) is 1. The Morgan fingerprint density at radius 2 is 1.88 bits per heavy atom. The van der Waals surface area contributed by atoms with E-state index in [0.717, 1.165) is 25.3 Å². The highest BCUT2D eigenvalue weighted by Crippen LogP contribution is 2.23. The predicted molar refractivity (Wildman–Crippen MR) is 76.4 cm³/mol. The van der Waals surface area contributed by atoms with Crippen LogP contribution in [0, 0.1) is 0 Å². The first-order chi connectivity index (χ1) is 8.29. The molecule has 0 bridgehead atoms. The van der Waals surface area contributed by atoms with Crippen LogP contribution in [0.15, 0.2) is 24.3 Å². The van der Waals surface area contributed by atoms with Crippen molar-refractivity contribution in [3.63, 3.8) is 0 Å². The summed E-state index contributed by atoms with van der Waals surface area (Å²) < 4.78 is 5.78. The van der Waals surface area contributed by atoms with Gasteiger partial charge in [-0.25, -0.2) is 0 Å². The van der Waals surface area contributed by atoms with Crippen molar-refractivity contribution in [2.45, 2.75) is 26.4 Å². The lowest BCUT2D eigenvalue weighted by Crippen LogP contribution is -2.32. The van der Waals surface area contributed by atoms with Gasteiger partial charge in [0.25, 0.3) is 0 Å². The SMILES string of the molecule is CCC(C)Oc1ccc(N2CCSCC2)cc1. The van der Waals surface area contributed by atoms with Crippen molar-refractivity contribution in [2.24, 2.45) is 0 Å². The van der Waals surface area contributed by atoms with Crippen LogP contribution in [-0.2, 0) is 0 Å². The summed E-state index contributed by atoms with van der Waals surface area (Å²) in [6.07, 6.45) is 1.35. The van der Waals surface area contributed by atoms with Crippen molar-refractivity contribution in [1.29, 1.82) is 0 Å². The van der Waals surface area contributed by atoms with E-state index >= 15 is 0 Å². The van der Waals surface area contributed by atoms with Gasteiger partial charge in [0.1, 0.15) is 5.75 Å². The molecule has 2 rings (SSSR count).